The summed E-state index contributed by atoms with van der Waals surface area (Å²) in [7, 11) is 2.31. The van der Waals surface area contributed by atoms with Crippen LogP contribution in [0, 0.1) is 5.92 Å². The molecule has 0 amide bonds. The van der Waals surface area contributed by atoms with Crippen LogP contribution in [0.1, 0.15) is 39.0 Å². The molecule has 2 rings (SSSR count). The minimum atomic E-state index is 0.734. The Labute approximate surface area is 111 Å². The molecule has 0 bridgehead atoms. The summed E-state index contributed by atoms with van der Waals surface area (Å²) < 4.78 is 0. The molecule has 1 saturated carbocycles. The van der Waals surface area contributed by atoms with Gasteiger partial charge >= 0.3 is 0 Å². The minimum Gasteiger partial charge on any atom is -0.312 e. The van der Waals surface area contributed by atoms with E-state index in [1.165, 1.54) is 56.7 Å². The Kier molecular flexibility index (Phi) is 5.64. The molecule has 0 aromatic carbocycles. The van der Waals surface area contributed by atoms with Crippen LogP contribution in [0.5, 0.6) is 0 Å². The normalized spacial score (nSPS) is 28.9. The monoisotopic (exact) mass is 256 g/mol. The highest BCUT2D eigenvalue weighted by Crippen LogP contribution is 2.32. The lowest BCUT2D eigenvalue weighted by molar-refractivity contribution is 0.170. The molecule has 1 aliphatic heterocycles. The first-order valence-electron chi connectivity index (χ1n) is 7.32. The van der Waals surface area contributed by atoms with Gasteiger partial charge in [0.1, 0.15) is 0 Å². The Morgan fingerprint density at radius 1 is 1.41 bits per heavy atom. The summed E-state index contributed by atoms with van der Waals surface area (Å²) in [4.78, 5) is 2.59. The Bertz CT molecular complexity index is 218. The van der Waals surface area contributed by atoms with Gasteiger partial charge in [-0.1, -0.05) is 26.2 Å². The summed E-state index contributed by atoms with van der Waals surface area (Å²) in [5, 5.41) is 3.81. The van der Waals surface area contributed by atoms with Crippen LogP contribution >= 0.6 is 11.8 Å². The van der Waals surface area contributed by atoms with Gasteiger partial charge in [0.15, 0.2) is 0 Å². The second-order valence-electron chi connectivity index (χ2n) is 5.72. The zero-order valence-corrected chi connectivity index (χ0v) is 12.3. The molecule has 2 atom stereocenters. The van der Waals surface area contributed by atoms with Crippen molar-refractivity contribution in [2.45, 2.75) is 51.1 Å². The van der Waals surface area contributed by atoms with Crippen LogP contribution in [-0.4, -0.2) is 48.6 Å². The van der Waals surface area contributed by atoms with Gasteiger partial charge in [-0.3, -0.25) is 0 Å². The van der Waals surface area contributed by atoms with Crippen LogP contribution in [0.4, 0.5) is 0 Å². The van der Waals surface area contributed by atoms with Crippen molar-refractivity contribution >= 4 is 11.8 Å². The number of likely N-dealkylation sites (N-methyl/N-ethyl adjacent to an activating group) is 1. The van der Waals surface area contributed by atoms with Crippen molar-refractivity contribution < 1.29 is 0 Å². The third kappa shape index (κ3) is 3.87. The van der Waals surface area contributed by atoms with Gasteiger partial charge in [-0.05, 0) is 32.4 Å². The van der Waals surface area contributed by atoms with E-state index in [2.05, 4.69) is 35.9 Å². The maximum absolute atomic E-state index is 3.81. The van der Waals surface area contributed by atoms with E-state index in [0.29, 0.717) is 0 Å². The minimum absolute atomic E-state index is 0.734. The van der Waals surface area contributed by atoms with E-state index in [4.69, 9.17) is 0 Å². The molecule has 0 aromatic rings. The number of nitrogens with one attached hydrogen (secondary N) is 1. The van der Waals surface area contributed by atoms with E-state index in [0.717, 1.165) is 18.0 Å². The third-order valence-electron chi connectivity index (χ3n) is 4.38. The van der Waals surface area contributed by atoms with E-state index in [9.17, 15) is 0 Å². The molecule has 1 heterocycles. The van der Waals surface area contributed by atoms with E-state index >= 15 is 0 Å². The van der Waals surface area contributed by atoms with Gasteiger partial charge in [-0.2, -0.15) is 11.8 Å². The molecular formula is C14H28N2S. The van der Waals surface area contributed by atoms with Gasteiger partial charge in [-0.25, -0.2) is 0 Å². The largest absolute Gasteiger partial charge is 0.312 e. The van der Waals surface area contributed by atoms with E-state index in [1.807, 2.05) is 0 Å². The van der Waals surface area contributed by atoms with Crippen LogP contribution in [-0.2, 0) is 0 Å². The zero-order chi connectivity index (χ0) is 12.1. The number of hydrogen-bond donors (Lipinski definition) is 1. The Morgan fingerprint density at radius 3 is 2.82 bits per heavy atom. The Hall–Kier alpha value is 0.270. The van der Waals surface area contributed by atoms with Gasteiger partial charge in [0.25, 0.3) is 0 Å². The number of rotatable bonds is 6. The molecule has 3 heteroatoms. The lowest BCUT2D eigenvalue weighted by Gasteiger charge is -2.41. The Morgan fingerprint density at radius 2 is 2.24 bits per heavy atom. The van der Waals surface area contributed by atoms with Crippen LogP contribution in [0.2, 0.25) is 0 Å². The van der Waals surface area contributed by atoms with Crippen molar-refractivity contribution in [3.05, 3.63) is 0 Å². The molecule has 1 N–H and O–H groups in total. The molecule has 0 radical (unpaired) electrons. The van der Waals surface area contributed by atoms with Crippen molar-refractivity contribution in [2.75, 3.05) is 31.6 Å². The van der Waals surface area contributed by atoms with Crippen LogP contribution in [0.25, 0.3) is 0 Å². The highest BCUT2D eigenvalue weighted by molar-refractivity contribution is 7.99. The van der Waals surface area contributed by atoms with E-state index in [1.54, 1.807) is 0 Å². The number of nitrogens with zero attached hydrogens (tertiary/aromatic N) is 1. The predicted octanol–water partition coefficient (Wildman–Crippen LogP) is 2.59. The molecule has 2 fully saturated rings. The summed E-state index contributed by atoms with van der Waals surface area (Å²) >= 11 is 2.14. The standard InChI is InChI=1S/C14H28N2S/c1-3-7-15-13(10-12-5-4-6-12)14-11-17-9-8-16(14)2/h12-15H,3-11H2,1-2H3. The highest BCUT2D eigenvalue weighted by atomic mass is 32.2. The fourth-order valence-electron chi connectivity index (χ4n) is 2.92. The maximum Gasteiger partial charge on any atom is 0.0337 e. The molecule has 2 unspecified atom stereocenters. The highest BCUT2D eigenvalue weighted by Gasteiger charge is 2.31. The SMILES string of the molecule is CCCNC(CC1CCC1)C1CSCCN1C. The molecule has 100 valence electrons. The summed E-state index contributed by atoms with van der Waals surface area (Å²) in [6.45, 7) is 4.73. The van der Waals surface area contributed by atoms with Crippen LogP contribution < -0.4 is 5.32 Å². The van der Waals surface area contributed by atoms with Crippen molar-refractivity contribution in [3.63, 3.8) is 0 Å². The smallest absolute Gasteiger partial charge is 0.0337 e. The average Bonchev–Trinajstić information content (AvgIpc) is 2.28. The van der Waals surface area contributed by atoms with Gasteiger partial charge in [-0.15, -0.1) is 0 Å². The fourth-order valence-corrected chi connectivity index (χ4v) is 4.23. The molecule has 1 saturated heterocycles. The zero-order valence-electron chi connectivity index (χ0n) is 11.5. The summed E-state index contributed by atoms with van der Waals surface area (Å²) in [6, 6.07) is 1.50. The molecule has 17 heavy (non-hydrogen) atoms. The van der Waals surface area contributed by atoms with Gasteiger partial charge < -0.3 is 10.2 Å². The second-order valence-corrected chi connectivity index (χ2v) is 6.87. The fraction of sp³-hybridized carbons (Fsp3) is 1.00. The van der Waals surface area contributed by atoms with Crippen molar-refractivity contribution in [1.82, 2.24) is 10.2 Å². The molecule has 2 nitrogen and oxygen atoms in total. The van der Waals surface area contributed by atoms with Gasteiger partial charge in [0, 0.05) is 30.1 Å². The number of thioether (sulfide) groups is 1. The maximum atomic E-state index is 3.81. The van der Waals surface area contributed by atoms with Crippen molar-refractivity contribution in [2.24, 2.45) is 5.92 Å². The molecule has 0 spiro atoms. The molecular weight excluding hydrogens is 228 g/mol. The summed E-state index contributed by atoms with van der Waals surface area (Å²) in [5.41, 5.74) is 0. The van der Waals surface area contributed by atoms with Crippen LogP contribution in [0.15, 0.2) is 0 Å². The van der Waals surface area contributed by atoms with Gasteiger partial charge in [0.2, 0.25) is 0 Å². The Balaban J connectivity index is 1.86. The first-order chi connectivity index (χ1) is 8.31. The topological polar surface area (TPSA) is 15.3 Å². The van der Waals surface area contributed by atoms with Crippen LogP contribution in [0.3, 0.4) is 0 Å². The van der Waals surface area contributed by atoms with Crippen molar-refractivity contribution in [1.29, 1.82) is 0 Å². The number of hydrogen-bond acceptors (Lipinski definition) is 3. The third-order valence-corrected chi connectivity index (χ3v) is 5.42. The molecule has 2 aliphatic rings. The molecule has 0 aromatic heterocycles. The summed E-state index contributed by atoms with van der Waals surface area (Å²) in [5.74, 6) is 3.66. The first kappa shape index (κ1) is 13.7. The summed E-state index contributed by atoms with van der Waals surface area (Å²) in [6.07, 6.45) is 7.10. The average molecular weight is 256 g/mol. The predicted molar refractivity (Wildman–Crippen MR) is 77.8 cm³/mol. The second kappa shape index (κ2) is 7.01. The first-order valence-corrected chi connectivity index (χ1v) is 8.48. The van der Waals surface area contributed by atoms with Gasteiger partial charge in [0.05, 0.1) is 0 Å². The molecule has 1 aliphatic carbocycles. The lowest BCUT2D eigenvalue weighted by Crippen LogP contribution is -2.53. The van der Waals surface area contributed by atoms with Crippen molar-refractivity contribution in [3.8, 4) is 0 Å². The lowest BCUT2D eigenvalue weighted by atomic mass is 9.79. The van der Waals surface area contributed by atoms with E-state index < -0.39 is 0 Å². The van der Waals surface area contributed by atoms with E-state index in [-0.39, 0.29) is 0 Å². The quantitative estimate of drug-likeness (QED) is 0.786.